The van der Waals surface area contributed by atoms with Gasteiger partial charge in [0.2, 0.25) is 5.91 Å². The number of allylic oxidation sites excluding steroid dienone is 9. The quantitative estimate of drug-likeness (QED) is 0.0204. The molecule has 0 bridgehead atoms. The number of hydrogen-bond acceptors (Lipinski definition) is 13. The standard InChI is InChI=1S/C81H149NO13/c1-3-5-7-9-11-13-15-17-19-21-23-25-27-29-31-32-33-34-35-36-37-38-39-41-43-45-47-49-51-53-55-57-59-61-63-65-73(86)82-69(68-92-80-78(91)76(89)79(72(67-84)94-80)95-81-77(90)75(88)74(87)71(66-83)93-81)70(85)64-62-60-58-56-54-52-50-48-46-44-42-40-30-28-26-24-22-20-18-16-14-12-10-8-6-4-2/h5,7,11,13,17,19,23,25,62,64,69-72,74-81,83-85,87-91H,3-4,6,8-10,12,14-16,18,20-22,24,26-61,63,65-68H2,1-2H3,(H,82,86)/b7-5-,13-11-,19-17-,25-23-,64-62+. The molecule has 0 spiro atoms. The zero-order valence-electron chi connectivity index (χ0n) is 60.9. The monoisotopic (exact) mass is 1340 g/mol. The van der Waals surface area contributed by atoms with Crippen molar-refractivity contribution in [1.82, 2.24) is 5.32 Å². The van der Waals surface area contributed by atoms with Gasteiger partial charge in [-0.05, 0) is 57.8 Å². The first-order valence-electron chi connectivity index (χ1n) is 40.0. The van der Waals surface area contributed by atoms with E-state index in [1.54, 1.807) is 6.08 Å². The Balaban J connectivity index is 1.60. The predicted octanol–water partition coefficient (Wildman–Crippen LogP) is 18.0. The maximum atomic E-state index is 13.4. The molecule has 2 aliphatic rings. The van der Waals surface area contributed by atoms with Crippen LogP contribution in [0.15, 0.2) is 60.8 Å². The van der Waals surface area contributed by atoms with Gasteiger partial charge in [0.05, 0.1) is 32.0 Å². The van der Waals surface area contributed by atoms with E-state index in [0.29, 0.717) is 6.42 Å². The van der Waals surface area contributed by atoms with Gasteiger partial charge < -0.3 is 65.1 Å². The smallest absolute Gasteiger partial charge is 0.220 e. The highest BCUT2D eigenvalue weighted by atomic mass is 16.7. The van der Waals surface area contributed by atoms with Crippen molar-refractivity contribution in [2.24, 2.45) is 0 Å². The fourth-order valence-corrected chi connectivity index (χ4v) is 13.2. The molecule has 9 N–H and O–H groups in total. The minimum atomic E-state index is -1.79. The van der Waals surface area contributed by atoms with Crippen molar-refractivity contribution < 1.29 is 64.6 Å². The molecule has 2 saturated heterocycles. The molecular weight excluding hydrogens is 1190 g/mol. The third kappa shape index (κ3) is 48.2. The van der Waals surface area contributed by atoms with Crippen LogP contribution in [-0.4, -0.2) is 140 Å². The molecule has 0 aromatic rings. The van der Waals surface area contributed by atoms with E-state index in [1.807, 2.05) is 6.08 Å². The van der Waals surface area contributed by atoms with Crippen LogP contribution in [0.4, 0.5) is 0 Å². The Morgan fingerprint density at radius 1 is 0.389 bits per heavy atom. The van der Waals surface area contributed by atoms with E-state index >= 15 is 0 Å². The SMILES string of the molecule is CC/C=C\C/C=C\C/C=C\C/C=C\CCCCCCCCCCCCCCCCCCCCCCCCC(=O)NC(COC1OC(CO)C(OC2OC(CO)C(O)C(O)C2O)C(O)C1O)C(O)/C=C/CCCCCCCCCCCCCCCCCCCCCCCCCC. The summed E-state index contributed by atoms with van der Waals surface area (Å²) >= 11 is 0. The van der Waals surface area contributed by atoms with E-state index in [0.717, 1.165) is 64.2 Å². The van der Waals surface area contributed by atoms with Crippen LogP contribution in [-0.2, 0) is 23.7 Å². The highest BCUT2D eigenvalue weighted by Gasteiger charge is 2.51. The number of rotatable bonds is 67. The summed E-state index contributed by atoms with van der Waals surface area (Å²) in [6.07, 6.45) is 71.6. The predicted molar refractivity (Wildman–Crippen MR) is 392 cm³/mol. The number of carbonyl (C=O) groups is 1. The Labute approximate surface area is 581 Å². The first-order chi connectivity index (χ1) is 46.6. The van der Waals surface area contributed by atoms with Crippen LogP contribution in [0.25, 0.3) is 0 Å². The summed E-state index contributed by atoms with van der Waals surface area (Å²) in [6, 6.07) is -0.916. The highest BCUT2D eigenvalue weighted by molar-refractivity contribution is 5.76. The van der Waals surface area contributed by atoms with Crippen molar-refractivity contribution in [2.75, 3.05) is 19.8 Å². The zero-order valence-corrected chi connectivity index (χ0v) is 60.9. The molecule has 0 radical (unpaired) electrons. The van der Waals surface area contributed by atoms with Crippen molar-refractivity contribution in [3.05, 3.63) is 60.8 Å². The molecule has 0 aromatic carbocycles. The fourth-order valence-electron chi connectivity index (χ4n) is 13.2. The molecule has 14 heteroatoms. The van der Waals surface area contributed by atoms with Crippen LogP contribution in [0.2, 0.25) is 0 Å². The van der Waals surface area contributed by atoms with Gasteiger partial charge in [-0.1, -0.05) is 351 Å². The molecule has 2 aliphatic heterocycles. The average molecular weight is 1350 g/mol. The van der Waals surface area contributed by atoms with Gasteiger partial charge in [-0.15, -0.1) is 0 Å². The Morgan fingerprint density at radius 3 is 1.12 bits per heavy atom. The van der Waals surface area contributed by atoms with Crippen LogP contribution >= 0.6 is 0 Å². The first kappa shape index (κ1) is 88.8. The van der Waals surface area contributed by atoms with E-state index < -0.39 is 86.8 Å². The second kappa shape index (κ2) is 65.0. The molecule has 0 aromatic heterocycles. The molecule has 12 atom stereocenters. The molecule has 2 rings (SSSR count). The summed E-state index contributed by atoms with van der Waals surface area (Å²) in [5.74, 6) is -0.233. The van der Waals surface area contributed by atoms with Gasteiger partial charge in [0.15, 0.2) is 12.6 Å². The largest absolute Gasteiger partial charge is 0.394 e. The molecule has 2 fully saturated rings. The van der Waals surface area contributed by atoms with Gasteiger partial charge in [0.1, 0.15) is 48.8 Å². The number of hydrogen-bond donors (Lipinski definition) is 9. The summed E-state index contributed by atoms with van der Waals surface area (Å²) in [6.45, 7) is 2.74. The fraction of sp³-hybridized carbons (Fsp3) is 0.864. The Morgan fingerprint density at radius 2 is 0.726 bits per heavy atom. The molecule has 12 unspecified atom stereocenters. The van der Waals surface area contributed by atoms with Crippen LogP contribution in [0, 0.1) is 0 Å². The summed E-state index contributed by atoms with van der Waals surface area (Å²) in [4.78, 5) is 13.4. The Hall–Kier alpha value is -2.31. The molecule has 0 saturated carbocycles. The lowest BCUT2D eigenvalue weighted by molar-refractivity contribution is -0.359. The number of nitrogens with one attached hydrogen (secondary N) is 1. The lowest BCUT2D eigenvalue weighted by Crippen LogP contribution is -2.65. The zero-order chi connectivity index (χ0) is 68.7. The van der Waals surface area contributed by atoms with Crippen LogP contribution < -0.4 is 5.32 Å². The maximum Gasteiger partial charge on any atom is 0.220 e. The van der Waals surface area contributed by atoms with Crippen molar-refractivity contribution in [3.63, 3.8) is 0 Å². The number of aliphatic hydroxyl groups excluding tert-OH is 8. The van der Waals surface area contributed by atoms with E-state index in [9.17, 15) is 45.6 Å². The summed E-state index contributed by atoms with van der Waals surface area (Å²) in [5.41, 5.74) is 0. The molecule has 95 heavy (non-hydrogen) atoms. The normalized spacial score (nSPS) is 22.6. The number of aliphatic hydroxyl groups is 8. The summed E-state index contributed by atoms with van der Waals surface area (Å²) in [7, 11) is 0. The molecule has 14 nitrogen and oxygen atoms in total. The number of amides is 1. The van der Waals surface area contributed by atoms with Gasteiger partial charge >= 0.3 is 0 Å². The number of unbranched alkanes of at least 4 members (excludes halogenated alkanes) is 46. The Bertz CT molecular complexity index is 1830. The van der Waals surface area contributed by atoms with Crippen molar-refractivity contribution >= 4 is 5.91 Å². The van der Waals surface area contributed by atoms with E-state index in [-0.39, 0.29) is 18.9 Å². The Kier molecular flexibility index (Phi) is 60.8. The molecule has 0 aliphatic carbocycles. The van der Waals surface area contributed by atoms with Gasteiger partial charge in [0, 0.05) is 6.42 Å². The van der Waals surface area contributed by atoms with E-state index in [4.69, 9.17) is 18.9 Å². The minimum absolute atomic E-state index is 0.233. The third-order valence-electron chi connectivity index (χ3n) is 19.5. The molecule has 556 valence electrons. The van der Waals surface area contributed by atoms with Crippen molar-refractivity contribution in [1.29, 1.82) is 0 Å². The summed E-state index contributed by atoms with van der Waals surface area (Å²) < 4.78 is 22.9. The summed E-state index contributed by atoms with van der Waals surface area (Å²) in [5, 5.41) is 87.7. The maximum absolute atomic E-state index is 13.4. The molecular formula is C81H149NO13. The average Bonchev–Trinajstić information content (AvgIpc) is 0.800. The van der Waals surface area contributed by atoms with E-state index in [1.165, 1.54) is 263 Å². The van der Waals surface area contributed by atoms with Crippen molar-refractivity contribution in [3.8, 4) is 0 Å². The van der Waals surface area contributed by atoms with Crippen LogP contribution in [0.3, 0.4) is 0 Å². The van der Waals surface area contributed by atoms with Crippen LogP contribution in [0.1, 0.15) is 354 Å². The lowest BCUT2D eigenvalue weighted by atomic mass is 9.97. The minimum Gasteiger partial charge on any atom is -0.394 e. The van der Waals surface area contributed by atoms with E-state index in [2.05, 4.69) is 67.8 Å². The topological polar surface area (TPSA) is 228 Å². The lowest BCUT2D eigenvalue weighted by Gasteiger charge is -2.46. The number of ether oxygens (including phenoxy) is 4. The second-order valence-electron chi connectivity index (χ2n) is 28.2. The third-order valence-corrected chi connectivity index (χ3v) is 19.5. The molecule has 1 amide bonds. The van der Waals surface area contributed by atoms with Gasteiger partial charge in [-0.2, -0.15) is 0 Å². The highest BCUT2D eigenvalue weighted by Crippen LogP contribution is 2.30. The van der Waals surface area contributed by atoms with Crippen molar-refractivity contribution in [2.45, 2.75) is 428 Å². The second-order valence-corrected chi connectivity index (χ2v) is 28.2. The van der Waals surface area contributed by atoms with Gasteiger partial charge in [-0.25, -0.2) is 0 Å². The first-order valence-corrected chi connectivity index (χ1v) is 40.0. The number of carbonyl (C=O) groups excluding carboxylic acids is 1. The van der Waals surface area contributed by atoms with Crippen LogP contribution in [0.5, 0.6) is 0 Å². The molecule has 2 heterocycles. The van der Waals surface area contributed by atoms with Gasteiger partial charge in [-0.3, -0.25) is 4.79 Å². The van der Waals surface area contributed by atoms with Gasteiger partial charge in [0.25, 0.3) is 0 Å².